The molecule has 1 aliphatic rings. The molecule has 0 aromatic heterocycles. The number of hydrogen-bond acceptors (Lipinski definition) is 2. The third-order valence-corrected chi connectivity index (χ3v) is 3.05. The van der Waals surface area contributed by atoms with Crippen molar-refractivity contribution in [3.05, 3.63) is 0 Å². The van der Waals surface area contributed by atoms with Gasteiger partial charge >= 0.3 is 0 Å². The maximum absolute atomic E-state index is 5.68. The lowest BCUT2D eigenvalue weighted by atomic mass is 10.00. The van der Waals surface area contributed by atoms with Gasteiger partial charge in [-0.3, -0.25) is 4.90 Å². The van der Waals surface area contributed by atoms with E-state index in [9.17, 15) is 0 Å². The van der Waals surface area contributed by atoms with Crippen molar-refractivity contribution >= 4 is 0 Å². The van der Waals surface area contributed by atoms with Crippen LogP contribution in [0.5, 0.6) is 0 Å². The number of likely N-dealkylation sites (N-methyl/N-ethyl adjacent to an activating group) is 1. The zero-order valence-electron chi connectivity index (χ0n) is 7.22. The third kappa shape index (κ3) is 1.06. The fourth-order valence-corrected chi connectivity index (χ4v) is 1.67. The van der Waals surface area contributed by atoms with Gasteiger partial charge < -0.3 is 5.73 Å². The Morgan fingerprint density at radius 2 is 2.30 bits per heavy atom. The zero-order valence-corrected chi connectivity index (χ0v) is 7.22. The Balaban J connectivity index is 2.64. The van der Waals surface area contributed by atoms with Crippen molar-refractivity contribution in [2.75, 3.05) is 13.6 Å². The van der Waals surface area contributed by atoms with E-state index in [0.717, 1.165) is 6.54 Å². The molecule has 1 heterocycles. The molecular weight excluding hydrogens is 124 g/mol. The quantitative estimate of drug-likeness (QED) is 0.587. The minimum atomic E-state index is 0.277. The monoisotopic (exact) mass is 142 g/mol. The molecule has 0 saturated carbocycles. The molecule has 0 aliphatic carbocycles. The van der Waals surface area contributed by atoms with Gasteiger partial charge in [0.15, 0.2) is 0 Å². The van der Waals surface area contributed by atoms with E-state index in [4.69, 9.17) is 5.73 Å². The molecule has 0 spiro atoms. The lowest BCUT2D eigenvalue weighted by molar-refractivity contribution is 0.166. The second-order valence-electron chi connectivity index (χ2n) is 3.70. The summed E-state index contributed by atoms with van der Waals surface area (Å²) in [7, 11) is 2.17. The first-order valence-corrected chi connectivity index (χ1v) is 4.03. The van der Waals surface area contributed by atoms with Gasteiger partial charge in [0.25, 0.3) is 0 Å². The zero-order chi connectivity index (χ0) is 7.78. The van der Waals surface area contributed by atoms with Crippen LogP contribution in [0.4, 0.5) is 0 Å². The highest BCUT2D eigenvalue weighted by Gasteiger charge is 2.36. The minimum absolute atomic E-state index is 0.277. The Morgan fingerprint density at radius 1 is 1.70 bits per heavy atom. The van der Waals surface area contributed by atoms with Crippen molar-refractivity contribution in [2.45, 2.75) is 38.3 Å². The topological polar surface area (TPSA) is 29.3 Å². The summed E-state index contributed by atoms with van der Waals surface area (Å²) in [5.74, 6) is 0. The normalized spacial score (nSPS) is 42.6. The maximum atomic E-state index is 5.68. The van der Waals surface area contributed by atoms with Gasteiger partial charge in [-0.25, -0.2) is 0 Å². The second kappa shape index (κ2) is 2.51. The van der Waals surface area contributed by atoms with E-state index >= 15 is 0 Å². The molecule has 2 nitrogen and oxygen atoms in total. The summed E-state index contributed by atoms with van der Waals surface area (Å²) in [6.07, 6.45) is 2.55. The Hall–Kier alpha value is -0.0800. The van der Waals surface area contributed by atoms with Crippen LogP contribution in [0.1, 0.15) is 26.7 Å². The highest BCUT2D eigenvalue weighted by atomic mass is 15.2. The highest BCUT2D eigenvalue weighted by molar-refractivity contribution is 4.94. The summed E-state index contributed by atoms with van der Waals surface area (Å²) in [4.78, 5) is 2.40. The van der Waals surface area contributed by atoms with E-state index in [0.29, 0.717) is 6.04 Å². The Labute approximate surface area is 63.4 Å². The van der Waals surface area contributed by atoms with Crippen LogP contribution in [-0.4, -0.2) is 30.1 Å². The van der Waals surface area contributed by atoms with Crippen LogP contribution in [0.25, 0.3) is 0 Å². The van der Waals surface area contributed by atoms with E-state index in [2.05, 4.69) is 25.8 Å². The van der Waals surface area contributed by atoms with E-state index in [-0.39, 0.29) is 5.54 Å². The summed E-state index contributed by atoms with van der Waals surface area (Å²) < 4.78 is 0. The summed E-state index contributed by atoms with van der Waals surface area (Å²) in [5, 5.41) is 0. The molecular formula is C8H18N2. The number of likely N-dealkylation sites (tertiary alicyclic amines) is 1. The second-order valence-corrected chi connectivity index (χ2v) is 3.70. The average Bonchev–Trinajstić information content (AvgIpc) is 2.19. The van der Waals surface area contributed by atoms with Crippen LogP contribution >= 0.6 is 0 Å². The van der Waals surface area contributed by atoms with Crippen LogP contribution in [0, 0.1) is 0 Å². The molecule has 0 bridgehead atoms. The smallest absolute Gasteiger partial charge is 0.0303 e. The SMILES string of the molecule is CC1CCC(C)(CN)N1C. The lowest BCUT2D eigenvalue weighted by Crippen LogP contribution is -2.46. The van der Waals surface area contributed by atoms with Gasteiger partial charge in [-0.05, 0) is 33.7 Å². The van der Waals surface area contributed by atoms with Crippen molar-refractivity contribution in [3.8, 4) is 0 Å². The van der Waals surface area contributed by atoms with Crippen LogP contribution in [0.3, 0.4) is 0 Å². The Bertz CT molecular complexity index is 124. The fraction of sp³-hybridized carbons (Fsp3) is 1.00. The highest BCUT2D eigenvalue weighted by Crippen LogP contribution is 2.30. The molecule has 2 atom stereocenters. The summed E-state index contributed by atoms with van der Waals surface area (Å²) in [5.41, 5.74) is 5.96. The molecule has 0 radical (unpaired) electrons. The molecule has 2 unspecified atom stereocenters. The first-order valence-electron chi connectivity index (χ1n) is 4.03. The van der Waals surface area contributed by atoms with Gasteiger partial charge in [0.1, 0.15) is 0 Å². The van der Waals surface area contributed by atoms with E-state index in [1.807, 2.05) is 0 Å². The van der Waals surface area contributed by atoms with Crippen LogP contribution < -0.4 is 5.73 Å². The summed E-state index contributed by atoms with van der Waals surface area (Å²) >= 11 is 0. The van der Waals surface area contributed by atoms with Gasteiger partial charge in [-0.15, -0.1) is 0 Å². The predicted octanol–water partition coefficient (Wildman–Crippen LogP) is 0.818. The lowest BCUT2D eigenvalue weighted by Gasteiger charge is -2.33. The molecule has 2 N–H and O–H groups in total. The third-order valence-electron chi connectivity index (χ3n) is 3.05. The number of nitrogens with two attached hydrogens (primary N) is 1. The van der Waals surface area contributed by atoms with Gasteiger partial charge in [0.2, 0.25) is 0 Å². The van der Waals surface area contributed by atoms with Gasteiger partial charge in [-0.1, -0.05) is 0 Å². The summed E-state index contributed by atoms with van der Waals surface area (Å²) in [6, 6.07) is 0.716. The van der Waals surface area contributed by atoms with Gasteiger partial charge in [0.05, 0.1) is 0 Å². The van der Waals surface area contributed by atoms with Crippen molar-refractivity contribution in [3.63, 3.8) is 0 Å². The molecule has 60 valence electrons. The molecule has 2 heteroatoms. The predicted molar refractivity (Wildman–Crippen MR) is 43.9 cm³/mol. The molecule has 0 aromatic rings. The summed E-state index contributed by atoms with van der Waals surface area (Å²) in [6.45, 7) is 5.30. The average molecular weight is 142 g/mol. The fourth-order valence-electron chi connectivity index (χ4n) is 1.67. The maximum Gasteiger partial charge on any atom is 0.0303 e. The van der Waals surface area contributed by atoms with Gasteiger partial charge in [-0.2, -0.15) is 0 Å². The van der Waals surface area contributed by atoms with Crippen molar-refractivity contribution in [2.24, 2.45) is 5.73 Å². The van der Waals surface area contributed by atoms with Gasteiger partial charge in [0, 0.05) is 18.1 Å². The van der Waals surface area contributed by atoms with E-state index in [1.54, 1.807) is 0 Å². The first kappa shape index (κ1) is 8.02. The molecule has 0 amide bonds. The van der Waals surface area contributed by atoms with Crippen LogP contribution in [0.15, 0.2) is 0 Å². The van der Waals surface area contributed by atoms with Crippen molar-refractivity contribution in [1.82, 2.24) is 4.90 Å². The van der Waals surface area contributed by atoms with E-state index < -0.39 is 0 Å². The number of nitrogens with zero attached hydrogens (tertiary/aromatic N) is 1. The van der Waals surface area contributed by atoms with Crippen LogP contribution in [0.2, 0.25) is 0 Å². The minimum Gasteiger partial charge on any atom is -0.329 e. The van der Waals surface area contributed by atoms with Crippen molar-refractivity contribution < 1.29 is 0 Å². The molecule has 10 heavy (non-hydrogen) atoms. The molecule has 1 fully saturated rings. The molecule has 0 aromatic carbocycles. The Morgan fingerprint density at radius 3 is 2.50 bits per heavy atom. The van der Waals surface area contributed by atoms with E-state index in [1.165, 1.54) is 12.8 Å². The van der Waals surface area contributed by atoms with Crippen LogP contribution in [-0.2, 0) is 0 Å². The first-order chi connectivity index (χ1) is 4.60. The number of rotatable bonds is 1. The largest absolute Gasteiger partial charge is 0.329 e. The standard InChI is InChI=1S/C8H18N2/c1-7-4-5-8(2,6-9)10(7)3/h7H,4-6,9H2,1-3H3. The Kier molecular flexibility index (Phi) is 2.02. The van der Waals surface area contributed by atoms with Crippen molar-refractivity contribution in [1.29, 1.82) is 0 Å². The molecule has 1 rings (SSSR count). The molecule has 1 saturated heterocycles. The molecule has 1 aliphatic heterocycles. The number of hydrogen-bond donors (Lipinski definition) is 1.